The smallest absolute Gasteiger partial charge is 0.119 e. The van der Waals surface area contributed by atoms with E-state index >= 15 is 0 Å². The third-order valence-electron chi connectivity index (χ3n) is 2.72. The second-order valence-corrected chi connectivity index (χ2v) is 3.90. The minimum Gasteiger partial charge on any atom is -0.316 e. The molecule has 1 aliphatic heterocycles. The van der Waals surface area contributed by atoms with Gasteiger partial charge in [-0.25, -0.2) is 4.39 Å². The summed E-state index contributed by atoms with van der Waals surface area (Å²) in [6.45, 7) is 1.56. The maximum absolute atomic E-state index is 14.2. The molecule has 2 heterocycles. The molecule has 0 spiro atoms. The Balaban J connectivity index is 2.02. The number of halogens is 1. The van der Waals surface area contributed by atoms with Gasteiger partial charge in [-0.2, -0.15) is 0 Å². The maximum atomic E-state index is 14.2. The van der Waals surface area contributed by atoms with Gasteiger partial charge in [-0.1, -0.05) is 6.07 Å². The van der Waals surface area contributed by atoms with Gasteiger partial charge in [0.2, 0.25) is 0 Å². The van der Waals surface area contributed by atoms with Crippen molar-refractivity contribution in [2.24, 2.45) is 0 Å². The molecule has 2 rings (SSSR count). The first kappa shape index (κ1) is 9.59. The van der Waals surface area contributed by atoms with Crippen LogP contribution in [-0.4, -0.2) is 23.7 Å². The molecule has 14 heavy (non-hydrogen) atoms. The Labute approximate surface area is 83.6 Å². The predicted molar refractivity (Wildman–Crippen MR) is 53.9 cm³/mol. The molecule has 1 N–H and O–H groups in total. The van der Waals surface area contributed by atoms with Crippen molar-refractivity contribution in [2.75, 3.05) is 13.1 Å². The van der Waals surface area contributed by atoms with Crippen LogP contribution in [-0.2, 0) is 6.42 Å². The van der Waals surface area contributed by atoms with Crippen LogP contribution in [0.2, 0.25) is 0 Å². The Kier molecular flexibility index (Phi) is 2.77. The molecule has 0 saturated carbocycles. The molecule has 0 atom stereocenters. The van der Waals surface area contributed by atoms with Crippen molar-refractivity contribution in [3.05, 3.63) is 30.1 Å². The second kappa shape index (κ2) is 4.05. The fourth-order valence-corrected chi connectivity index (χ4v) is 1.88. The quantitative estimate of drug-likeness (QED) is 0.775. The molecular formula is C11H15FN2. The van der Waals surface area contributed by atoms with Gasteiger partial charge in [0, 0.05) is 18.3 Å². The Morgan fingerprint density at radius 2 is 2.14 bits per heavy atom. The first-order valence-electron chi connectivity index (χ1n) is 5.08. The molecule has 0 radical (unpaired) electrons. The first-order valence-corrected chi connectivity index (χ1v) is 5.08. The van der Waals surface area contributed by atoms with Crippen LogP contribution >= 0.6 is 0 Å². The van der Waals surface area contributed by atoms with Crippen molar-refractivity contribution < 1.29 is 4.39 Å². The number of hydrogen-bond acceptors (Lipinski definition) is 2. The molecule has 1 saturated heterocycles. The van der Waals surface area contributed by atoms with Crippen LogP contribution < -0.4 is 5.32 Å². The molecule has 2 nitrogen and oxygen atoms in total. The van der Waals surface area contributed by atoms with E-state index in [9.17, 15) is 4.39 Å². The lowest BCUT2D eigenvalue weighted by Crippen LogP contribution is -2.40. The molecule has 3 heteroatoms. The van der Waals surface area contributed by atoms with Crippen LogP contribution in [0.3, 0.4) is 0 Å². The molecule has 0 bridgehead atoms. The SMILES string of the molecule is FC1(Cc2ccccn2)CCNCC1. The zero-order valence-electron chi connectivity index (χ0n) is 8.17. The predicted octanol–water partition coefficient (Wildman–Crippen LogP) is 1.72. The highest BCUT2D eigenvalue weighted by atomic mass is 19.1. The maximum Gasteiger partial charge on any atom is 0.119 e. The molecule has 76 valence electrons. The van der Waals surface area contributed by atoms with E-state index in [1.807, 2.05) is 18.2 Å². The molecule has 0 aliphatic carbocycles. The normalized spacial score (nSPS) is 20.6. The van der Waals surface area contributed by atoms with E-state index in [0.717, 1.165) is 18.8 Å². The van der Waals surface area contributed by atoms with E-state index in [1.54, 1.807) is 6.20 Å². The van der Waals surface area contributed by atoms with E-state index in [-0.39, 0.29) is 0 Å². The van der Waals surface area contributed by atoms with Gasteiger partial charge in [0.1, 0.15) is 5.67 Å². The average Bonchev–Trinajstić information content (AvgIpc) is 2.19. The zero-order valence-corrected chi connectivity index (χ0v) is 8.17. The van der Waals surface area contributed by atoms with Gasteiger partial charge < -0.3 is 5.32 Å². The zero-order chi connectivity index (χ0) is 9.86. The summed E-state index contributed by atoms with van der Waals surface area (Å²) in [4.78, 5) is 4.16. The van der Waals surface area contributed by atoms with Crippen molar-refractivity contribution in [1.29, 1.82) is 0 Å². The summed E-state index contributed by atoms with van der Waals surface area (Å²) >= 11 is 0. The average molecular weight is 194 g/mol. The van der Waals surface area contributed by atoms with Gasteiger partial charge in [-0.15, -0.1) is 0 Å². The van der Waals surface area contributed by atoms with E-state index < -0.39 is 5.67 Å². The Bertz CT molecular complexity index is 281. The number of pyridine rings is 1. The van der Waals surface area contributed by atoms with Gasteiger partial charge in [0.15, 0.2) is 0 Å². The molecule has 0 unspecified atom stereocenters. The summed E-state index contributed by atoms with van der Waals surface area (Å²) in [7, 11) is 0. The van der Waals surface area contributed by atoms with Crippen LogP contribution in [0.25, 0.3) is 0 Å². The standard InChI is InChI=1S/C11H15FN2/c12-11(4-7-13-8-5-11)9-10-3-1-2-6-14-10/h1-3,6,13H,4-5,7-9H2. The van der Waals surface area contributed by atoms with Gasteiger partial charge in [0.25, 0.3) is 0 Å². The summed E-state index contributed by atoms with van der Waals surface area (Å²) in [6, 6.07) is 5.66. The highest BCUT2D eigenvalue weighted by molar-refractivity contribution is 5.07. The molecule has 0 amide bonds. The van der Waals surface area contributed by atoms with Crippen molar-refractivity contribution in [3.8, 4) is 0 Å². The summed E-state index contributed by atoms with van der Waals surface area (Å²) in [5.74, 6) is 0. The minimum atomic E-state index is -1.04. The molecule has 0 aromatic carbocycles. The number of nitrogens with one attached hydrogen (secondary N) is 1. The summed E-state index contributed by atoms with van der Waals surface area (Å²) in [5.41, 5.74) is -0.184. The number of alkyl halides is 1. The Morgan fingerprint density at radius 3 is 2.79 bits per heavy atom. The number of rotatable bonds is 2. The summed E-state index contributed by atoms with van der Waals surface area (Å²) in [6.07, 6.45) is 3.38. The number of aromatic nitrogens is 1. The topological polar surface area (TPSA) is 24.9 Å². The monoisotopic (exact) mass is 194 g/mol. The fourth-order valence-electron chi connectivity index (χ4n) is 1.88. The Morgan fingerprint density at radius 1 is 1.36 bits per heavy atom. The van der Waals surface area contributed by atoms with Crippen LogP contribution in [0, 0.1) is 0 Å². The molecular weight excluding hydrogens is 179 g/mol. The molecule has 1 aromatic rings. The van der Waals surface area contributed by atoms with E-state index in [1.165, 1.54) is 0 Å². The fraction of sp³-hybridized carbons (Fsp3) is 0.545. The van der Waals surface area contributed by atoms with Gasteiger partial charge >= 0.3 is 0 Å². The lowest BCUT2D eigenvalue weighted by atomic mass is 9.89. The highest BCUT2D eigenvalue weighted by Gasteiger charge is 2.31. The van der Waals surface area contributed by atoms with Crippen molar-refractivity contribution in [1.82, 2.24) is 10.3 Å². The largest absolute Gasteiger partial charge is 0.316 e. The minimum absolute atomic E-state index is 0.454. The van der Waals surface area contributed by atoms with Gasteiger partial charge in [-0.3, -0.25) is 4.98 Å². The third-order valence-corrected chi connectivity index (χ3v) is 2.72. The number of nitrogens with zero attached hydrogens (tertiary/aromatic N) is 1. The third kappa shape index (κ3) is 2.29. The van der Waals surface area contributed by atoms with Crippen LogP contribution in [0.5, 0.6) is 0 Å². The van der Waals surface area contributed by atoms with Crippen molar-refractivity contribution in [3.63, 3.8) is 0 Å². The van der Waals surface area contributed by atoms with E-state index in [4.69, 9.17) is 0 Å². The summed E-state index contributed by atoms with van der Waals surface area (Å²) in [5, 5.41) is 3.17. The van der Waals surface area contributed by atoms with E-state index in [2.05, 4.69) is 10.3 Å². The van der Waals surface area contributed by atoms with Crippen molar-refractivity contribution >= 4 is 0 Å². The summed E-state index contributed by atoms with van der Waals surface area (Å²) < 4.78 is 14.2. The first-order chi connectivity index (χ1) is 6.79. The highest BCUT2D eigenvalue weighted by Crippen LogP contribution is 2.26. The lowest BCUT2D eigenvalue weighted by Gasteiger charge is -2.29. The van der Waals surface area contributed by atoms with Crippen LogP contribution in [0.1, 0.15) is 18.5 Å². The van der Waals surface area contributed by atoms with Crippen LogP contribution in [0.15, 0.2) is 24.4 Å². The van der Waals surface area contributed by atoms with Crippen molar-refractivity contribution in [2.45, 2.75) is 24.9 Å². The second-order valence-electron chi connectivity index (χ2n) is 3.90. The number of hydrogen-bond donors (Lipinski definition) is 1. The molecule has 1 fully saturated rings. The van der Waals surface area contributed by atoms with E-state index in [0.29, 0.717) is 19.3 Å². The molecule has 1 aromatic heterocycles. The lowest BCUT2D eigenvalue weighted by molar-refractivity contribution is 0.115. The molecule has 1 aliphatic rings. The van der Waals surface area contributed by atoms with Crippen LogP contribution in [0.4, 0.5) is 4.39 Å². The van der Waals surface area contributed by atoms with Gasteiger partial charge in [-0.05, 0) is 38.1 Å². The van der Waals surface area contributed by atoms with Gasteiger partial charge in [0.05, 0.1) is 0 Å². The Hall–Kier alpha value is -0.960. The number of piperidine rings is 1.